The van der Waals surface area contributed by atoms with Gasteiger partial charge >= 0.3 is 5.97 Å². The van der Waals surface area contributed by atoms with Crippen molar-refractivity contribution in [3.63, 3.8) is 0 Å². The average Bonchev–Trinajstić information content (AvgIpc) is 2.18. The summed E-state index contributed by atoms with van der Waals surface area (Å²) >= 11 is 0. The van der Waals surface area contributed by atoms with Crippen LogP contribution in [0.4, 0.5) is 0 Å². The van der Waals surface area contributed by atoms with Crippen molar-refractivity contribution >= 4 is 11.8 Å². The van der Waals surface area contributed by atoms with Gasteiger partial charge in [0.05, 0.1) is 0 Å². The van der Waals surface area contributed by atoms with E-state index in [2.05, 4.69) is 0 Å². The molecule has 4 aliphatic carbocycles. The van der Waals surface area contributed by atoms with Gasteiger partial charge in [-0.3, -0.25) is 9.59 Å². The number of carboxylic acids is 1. The van der Waals surface area contributed by atoms with Gasteiger partial charge in [0, 0.05) is 18.3 Å². The molecule has 3 heteroatoms. The number of Topliss-reactive ketones (excluding diaryl/α,β-unsaturated/α-hetero) is 1. The molecule has 0 aromatic carbocycles. The topological polar surface area (TPSA) is 54.4 Å². The van der Waals surface area contributed by atoms with E-state index in [9.17, 15) is 9.59 Å². The molecule has 0 aromatic heterocycles. The number of ketones is 1. The van der Waals surface area contributed by atoms with Crippen LogP contribution in [0, 0.1) is 29.6 Å². The fourth-order valence-electron chi connectivity index (χ4n) is 4.26. The first kappa shape index (κ1) is 9.37. The minimum Gasteiger partial charge on any atom is -0.481 e. The number of carbonyl (C=O) groups excluding carboxylic acids is 1. The third kappa shape index (κ3) is 1.32. The lowest BCUT2D eigenvalue weighted by molar-refractivity contribution is -0.151. The number of carboxylic acid groups (broad SMARTS) is 1. The summed E-state index contributed by atoms with van der Waals surface area (Å²) in [5, 5.41) is 8.87. The van der Waals surface area contributed by atoms with E-state index in [0.29, 0.717) is 11.7 Å². The molecule has 4 fully saturated rings. The van der Waals surface area contributed by atoms with E-state index in [0.717, 1.165) is 25.2 Å². The van der Waals surface area contributed by atoms with Crippen molar-refractivity contribution in [3.8, 4) is 0 Å². The Labute approximate surface area is 88.9 Å². The zero-order valence-corrected chi connectivity index (χ0v) is 8.69. The number of hydrogen-bond acceptors (Lipinski definition) is 2. The maximum Gasteiger partial charge on any atom is 0.303 e. The molecule has 0 spiro atoms. The van der Waals surface area contributed by atoms with E-state index in [1.54, 1.807) is 0 Å². The first-order valence-corrected chi connectivity index (χ1v) is 5.90. The fraction of sp³-hybridized carbons (Fsp3) is 0.833. The van der Waals surface area contributed by atoms with E-state index in [4.69, 9.17) is 5.11 Å². The Hall–Kier alpha value is -0.860. The van der Waals surface area contributed by atoms with Gasteiger partial charge in [-0.1, -0.05) is 0 Å². The summed E-state index contributed by atoms with van der Waals surface area (Å²) < 4.78 is 0. The summed E-state index contributed by atoms with van der Waals surface area (Å²) in [6.45, 7) is 0. The molecule has 0 radical (unpaired) electrons. The van der Waals surface area contributed by atoms with E-state index >= 15 is 0 Å². The molecule has 15 heavy (non-hydrogen) atoms. The second kappa shape index (κ2) is 3.06. The molecule has 1 N–H and O–H groups in total. The van der Waals surface area contributed by atoms with Gasteiger partial charge < -0.3 is 5.11 Å². The van der Waals surface area contributed by atoms with Gasteiger partial charge in [-0.15, -0.1) is 0 Å². The van der Waals surface area contributed by atoms with E-state index in [1.165, 1.54) is 6.42 Å². The molecule has 4 rings (SSSR count). The molecule has 4 saturated carbocycles. The lowest BCUT2D eigenvalue weighted by Crippen LogP contribution is -2.51. The highest BCUT2D eigenvalue weighted by molar-refractivity contribution is 5.86. The van der Waals surface area contributed by atoms with Gasteiger partial charge in [0.25, 0.3) is 0 Å². The minimum absolute atomic E-state index is 0.0948. The van der Waals surface area contributed by atoms with Crippen molar-refractivity contribution in [1.29, 1.82) is 0 Å². The Bertz CT molecular complexity index is 323. The quantitative estimate of drug-likeness (QED) is 0.751. The Morgan fingerprint density at radius 1 is 1.27 bits per heavy atom. The molecule has 4 bridgehead atoms. The maximum absolute atomic E-state index is 12.0. The van der Waals surface area contributed by atoms with Crippen molar-refractivity contribution in [3.05, 3.63) is 0 Å². The van der Waals surface area contributed by atoms with Gasteiger partial charge in [-0.2, -0.15) is 0 Å². The fourth-order valence-corrected chi connectivity index (χ4v) is 4.26. The van der Waals surface area contributed by atoms with Crippen LogP contribution in [0.5, 0.6) is 0 Å². The van der Waals surface area contributed by atoms with Crippen molar-refractivity contribution in [1.82, 2.24) is 0 Å². The molecule has 0 saturated heterocycles. The van der Waals surface area contributed by atoms with Crippen LogP contribution in [0.1, 0.15) is 32.1 Å². The van der Waals surface area contributed by atoms with Crippen LogP contribution in [0.3, 0.4) is 0 Å². The van der Waals surface area contributed by atoms with E-state index in [1.807, 2.05) is 0 Å². The lowest BCUT2D eigenvalue weighted by Gasteiger charge is -2.52. The molecule has 82 valence electrons. The molecule has 3 nitrogen and oxygen atoms in total. The summed E-state index contributed by atoms with van der Waals surface area (Å²) in [4.78, 5) is 22.8. The molecule has 0 aliphatic heterocycles. The summed E-state index contributed by atoms with van der Waals surface area (Å²) in [5.74, 6) is 1.44. The molecule has 5 atom stereocenters. The van der Waals surface area contributed by atoms with Crippen molar-refractivity contribution in [2.24, 2.45) is 29.6 Å². The molecule has 0 heterocycles. The molecule has 4 unspecified atom stereocenters. The third-order valence-corrected chi connectivity index (χ3v) is 4.73. The second-order valence-electron chi connectivity index (χ2n) is 5.54. The third-order valence-electron chi connectivity index (χ3n) is 4.73. The average molecular weight is 208 g/mol. The van der Waals surface area contributed by atoms with Gasteiger partial charge in [0.15, 0.2) is 0 Å². The Morgan fingerprint density at radius 2 is 2.07 bits per heavy atom. The maximum atomic E-state index is 12.0. The normalized spacial score (nSPS) is 47.2. The minimum atomic E-state index is -0.736. The van der Waals surface area contributed by atoms with Crippen LogP contribution in [0.15, 0.2) is 0 Å². The summed E-state index contributed by atoms with van der Waals surface area (Å²) in [6.07, 6.45) is 4.43. The predicted octanol–water partition coefficient (Wildman–Crippen LogP) is 1.71. The van der Waals surface area contributed by atoms with Gasteiger partial charge in [-0.25, -0.2) is 0 Å². The SMILES string of the molecule is O=C(O)C[C@@H]1C2CC3CC(C2)C(=O)C1C3. The molecular weight excluding hydrogens is 192 g/mol. The Morgan fingerprint density at radius 3 is 2.80 bits per heavy atom. The van der Waals surface area contributed by atoms with Gasteiger partial charge in [0.2, 0.25) is 0 Å². The highest BCUT2D eigenvalue weighted by atomic mass is 16.4. The van der Waals surface area contributed by atoms with Crippen LogP contribution in [0.2, 0.25) is 0 Å². The highest BCUT2D eigenvalue weighted by Gasteiger charge is 2.53. The van der Waals surface area contributed by atoms with Crippen molar-refractivity contribution in [2.45, 2.75) is 32.1 Å². The number of hydrogen-bond donors (Lipinski definition) is 1. The molecule has 0 aromatic rings. The standard InChI is InChI=1S/C12H16O3/c13-11(14)5-9-7-1-6-2-8(4-7)12(15)10(9)3-6/h6-10H,1-5H2,(H,13,14)/t6?,7?,8?,9-,10?/m1/s1. The van der Waals surface area contributed by atoms with Crippen LogP contribution in [0.25, 0.3) is 0 Å². The van der Waals surface area contributed by atoms with Crippen LogP contribution >= 0.6 is 0 Å². The van der Waals surface area contributed by atoms with Crippen LogP contribution in [-0.4, -0.2) is 16.9 Å². The van der Waals surface area contributed by atoms with E-state index in [-0.39, 0.29) is 24.2 Å². The first-order valence-electron chi connectivity index (χ1n) is 5.90. The van der Waals surface area contributed by atoms with Gasteiger partial charge in [-0.05, 0) is 43.4 Å². The zero-order chi connectivity index (χ0) is 10.6. The van der Waals surface area contributed by atoms with Crippen LogP contribution < -0.4 is 0 Å². The molecule has 0 amide bonds. The largest absolute Gasteiger partial charge is 0.481 e. The van der Waals surface area contributed by atoms with Gasteiger partial charge in [0.1, 0.15) is 5.78 Å². The summed E-state index contributed by atoms with van der Waals surface area (Å²) in [5.41, 5.74) is 0. The zero-order valence-electron chi connectivity index (χ0n) is 8.69. The monoisotopic (exact) mass is 208 g/mol. The van der Waals surface area contributed by atoms with Crippen molar-refractivity contribution in [2.75, 3.05) is 0 Å². The highest BCUT2D eigenvalue weighted by Crippen LogP contribution is 2.55. The number of rotatable bonds is 2. The smallest absolute Gasteiger partial charge is 0.303 e. The van der Waals surface area contributed by atoms with E-state index < -0.39 is 5.97 Å². The summed E-state index contributed by atoms with van der Waals surface area (Å²) in [7, 11) is 0. The second-order valence-corrected chi connectivity index (χ2v) is 5.54. The first-order chi connectivity index (χ1) is 7.15. The lowest BCUT2D eigenvalue weighted by atomic mass is 9.51. The predicted molar refractivity (Wildman–Crippen MR) is 53.2 cm³/mol. The Balaban J connectivity index is 1.85. The molecule has 4 aliphatic rings. The van der Waals surface area contributed by atoms with Crippen LogP contribution in [-0.2, 0) is 9.59 Å². The Kier molecular flexibility index (Phi) is 1.91. The number of carbonyl (C=O) groups is 2. The van der Waals surface area contributed by atoms with Crippen molar-refractivity contribution < 1.29 is 14.7 Å². The summed E-state index contributed by atoms with van der Waals surface area (Å²) in [6, 6.07) is 0. The number of aliphatic carboxylic acids is 1. The molecular formula is C12H16O3.